The molecule has 0 aliphatic carbocycles. The van der Waals surface area contributed by atoms with E-state index in [1.165, 1.54) is 12.1 Å². The number of rotatable bonds is 2. The van der Waals surface area contributed by atoms with Crippen molar-refractivity contribution in [3.8, 4) is 0 Å². The van der Waals surface area contributed by atoms with Gasteiger partial charge in [0.1, 0.15) is 6.10 Å². The van der Waals surface area contributed by atoms with Crippen LogP contribution in [0.1, 0.15) is 24.2 Å². The summed E-state index contributed by atoms with van der Waals surface area (Å²) in [6.07, 6.45) is -4.87. The average molecular weight is 205 g/mol. The molecule has 0 saturated carbocycles. The minimum Gasteiger partial charge on any atom is -0.297 e. The van der Waals surface area contributed by atoms with Crippen LogP contribution >= 0.6 is 0 Å². The Morgan fingerprint density at radius 3 is 2.50 bits per heavy atom. The van der Waals surface area contributed by atoms with E-state index in [-0.39, 0.29) is 0 Å². The molecule has 1 unspecified atom stereocenters. The highest BCUT2D eigenvalue weighted by Crippen LogP contribution is 2.30. The Hall–Kier alpha value is -1.07. The Morgan fingerprint density at radius 2 is 2.00 bits per heavy atom. The van der Waals surface area contributed by atoms with Crippen molar-refractivity contribution in [2.24, 2.45) is 5.90 Å². The molecule has 1 aromatic rings. The van der Waals surface area contributed by atoms with Gasteiger partial charge in [0.05, 0.1) is 5.56 Å². The van der Waals surface area contributed by atoms with Gasteiger partial charge in [-0.25, -0.2) is 5.90 Å². The highest BCUT2D eigenvalue weighted by atomic mass is 19.4. The molecule has 2 N–H and O–H groups in total. The molecule has 0 radical (unpaired) electrons. The van der Waals surface area contributed by atoms with Crippen molar-refractivity contribution in [3.63, 3.8) is 0 Å². The number of hydrogen-bond donors (Lipinski definition) is 1. The summed E-state index contributed by atoms with van der Waals surface area (Å²) < 4.78 is 36.8. The summed E-state index contributed by atoms with van der Waals surface area (Å²) in [4.78, 5) is 4.44. The first-order chi connectivity index (χ1) is 6.45. The molecule has 1 atom stereocenters. The van der Waals surface area contributed by atoms with Gasteiger partial charge in [0, 0.05) is 0 Å². The van der Waals surface area contributed by atoms with Crippen molar-refractivity contribution in [2.75, 3.05) is 0 Å². The van der Waals surface area contributed by atoms with Crippen LogP contribution in [-0.2, 0) is 11.0 Å². The third-order valence-corrected chi connectivity index (χ3v) is 1.89. The molecule has 0 fully saturated rings. The van der Waals surface area contributed by atoms with E-state index in [4.69, 9.17) is 5.90 Å². The summed E-state index contributed by atoms with van der Waals surface area (Å²) in [5.41, 5.74) is -0.291. The quantitative estimate of drug-likeness (QED) is 0.753. The van der Waals surface area contributed by atoms with Gasteiger partial charge in [-0.3, -0.25) is 4.84 Å². The normalized spacial score (nSPS) is 14.1. The minimum atomic E-state index is -4.33. The molecular weight excluding hydrogens is 195 g/mol. The second-order valence-electron chi connectivity index (χ2n) is 2.90. The molecule has 0 heterocycles. The van der Waals surface area contributed by atoms with Crippen molar-refractivity contribution < 1.29 is 18.0 Å². The summed E-state index contributed by atoms with van der Waals surface area (Å²) in [6.45, 7) is 1.58. The molecule has 0 spiro atoms. The lowest BCUT2D eigenvalue weighted by Gasteiger charge is -2.12. The molecule has 0 aliphatic rings. The maximum Gasteiger partial charge on any atom is 0.416 e. The lowest BCUT2D eigenvalue weighted by molar-refractivity contribution is -0.137. The maximum absolute atomic E-state index is 12.3. The molecule has 0 aliphatic heterocycles. The SMILES string of the molecule is CC(ON)c1cccc(C(F)(F)F)c1. The van der Waals surface area contributed by atoms with Gasteiger partial charge in [0.15, 0.2) is 0 Å². The summed E-state index contributed by atoms with van der Waals surface area (Å²) in [5.74, 6) is 4.88. The Kier molecular flexibility index (Phi) is 3.13. The Morgan fingerprint density at radius 1 is 1.36 bits per heavy atom. The Balaban J connectivity index is 3.01. The molecule has 78 valence electrons. The second kappa shape index (κ2) is 3.98. The predicted octanol–water partition coefficient (Wildman–Crippen LogP) is 2.66. The standard InChI is InChI=1S/C9H10F3NO/c1-6(14-13)7-3-2-4-8(5-7)9(10,11)12/h2-6H,13H2,1H3. The highest BCUT2D eigenvalue weighted by Gasteiger charge is 2.30. The first kappa shape index (κ1) is 11.0. The number of halogens is 3. The third-order valence-electron chi connectivity index (χ3n) is 1.89. The molecular formula is C9H10F3NO. The number of hydrogen-bond acceptors (Lipinski definition) is 2. The summed E-state index contributed by atoms with van der Waals surface area (Å²) in [6, 6.07) is 4.89. The fourth-order valence-electron chi connectivity index (χ4n) is 1.05. The predicted molar refractivity (Wildman–Crippen MR) is 45.1 cm³/mol. The zero-order valence-corrected chi connectivity index (χ0v) is 7.51. The monoisotopic (exact) mass is 205 g/mol. The topological polar surface area (TPSA) is 35.2 Å². The Bertz CT molecular complexity index is 311. The van der Waals surface area contributed by atoms with Crippen molar-refractivity contribution >= 4 is 0 Å². The van der Waals surface area contributed by atoms with Crippen LogP contribution in [-0.4, -0.2) is 0 Å². The van der Waals surface area contributed by atoms with Gasteiger partial charge < -0.3 is 0 Å². The summed E-state index contributed by atoms with van der Waals surface area (Å²) in [7, 11) is 0. The largest absolute Gasteiger partial charge is 0.416 e. The summed E-state index contributed by atoms with van der Waals surface area (Å²) >= 11 is 0. The van der Waals surface area contributed by atoms with Crippen molar-refractivity contribution in [1.29, 1.82) is 0 Å². The van der Waals surface area contributed by atoms with E-state index >= 15 is 0 Å². The van der Waals surface area contributed by atoms with E-state index < -0.39 is 17.8 Å². The second-order valence-corrected chi connectivity index (χ2v) is 2.90. The van der Waals surface area contributed by atoms with Crippen LogP contribution < -0.4 is 5.90 Å². The average Bonchev–Trinajstić information content (AvgIpc) is 2.15. The van der Waals surface area contributed by atoms with Gasteiger partial charge in [-0.2, -0.15) is 13.2 Å². The van der Waals surface area contributed by atoms with Crippen LogP contribution in [0, 0.1) is 0 Å². The van der Waals surface area contributed by atoms with Gasteiger partial charge in [0.25, 0.3) is 0 Å². The van der Waals surface area contributed by atoms with Crippen LogP contribution in [0.25, 0.3) is 0 Å². The molecule has 0 saturated heterocycles. The molecule has 0 bridgehead atoms. The number of alkyl halides is 3. The van der Waals surface area contributed by atoms with Crippen LogP contribution in [0.5, 0.6) is 0 Å². The fourth-order valence-corrected chi connectivity index (χ4v) is 1.05. The zero-order valence-electron chi connectivity index (χ0n) is 7.51. The lowest BCUT2D eigenvalue weighted by atomic mass is 10.1. The van der Waals surface area contributed by atoms with Crippen molar-refractivity contribution in [1.82, 2.24) is 0 Å². The maximum atomic E-state index is 12.3. The molecule has 5 heteroatoms. The molecule has 0 amide bonds. The van der Waals surface area contributed by atoms with Crippen LogP contribution in [0.3, 0.4) is 0 Å². The van der Waals surface area contributed by atoms with Gasteiger partial charge in [-0.15, -0.1) is 0 Å². The van der Waals surface area contributed by atoms with E-state index in [1.54, 1.807) is 6.92 Å². The van der Waals surface area contributed by atoms with E-state index in [0.29, 0.717) is 5.56 Å². The summed E-state index contributed by atoms with van der Waals surface area (Å²) in [5, 5.41) is 0. The van der Waals surface area contributed by atoms with Crippen LogP contribution in [0.15, 0.2) is 24.3 Å². The smallest absolute Gasteiger partial charge is 0.297 e. The minimum absolute atomic E-state index is 0.405. The van der Waals surface area contributed by atoms with E-state index in [1.807, 2.05) is 0 Å². The van der Waals surface area contributed by atoms with Gasteiger partial charge in [-0.1, -0.05) is 12.1 Å². The van der Waals surface area contributed by atoms with Crippen molar-refractivity contribution in [3.05, 3.63) is 35.4 Å². The molecule has 14 heavy (non-hydrogen) atoms. The molecule has 2 nitrogen and oxygen atoms in total. The van der Waals surface area contributed by atoms with E-state index in [0.717, 1.165) is 12.1 Å². The van der Waals surface area contributed by atoms with Gasteiger partial charge in [0.2, 0.25) is 0 Å². The van der Waals surface area contributed by atoms with Crippen LogP contribution in [0.2, 0.25) is 0 Å². The first-order valence-electron chi connectivity index (χ1n) is 3.98. The van der Waals surface area contributed by atoms with E-state index in [9.17, 15) is 13.2 Å². The lowest BCUT2D eigenvalue weighted by Crippen LogP contribution is -2.09. The first-order valence-corrected chi connectivity index (χ1v) is 3.98. The number of nitrogens with two attached hydrogens (primary N) is 1. The Labute approximate surface area is 79.4 Å². The third kappa shape index (κ3) is 2.46. The zero-order chi connectivity index (χ0) is 10.8. The molecule has 1 rings (SSSR count). The molecule has 0 aromatic heterocycles. The fraction of sp³-hybridized carbons (Fsp3) is 0.333. The van der Waals surface area contributed by atoms with Crippen molar-refractivity contribution in [2.45, 2.75) is 19.2 Å². The highest BCUT2D eigenvalue weighted by molar-refractivity contribution is 5.26. The van der Waals surface area contributed by atoms with Gasteiger partial charge in [-0.05, 0) is 24.6 Å². The van der Waals surface area contributed by atoms with Crippen LogP contribution in [0.4, 0.5) is 13.2 Å². The molecule has 1 aromatic carbocycles. The van der Waals surface area contributed by atoms with Gasteiger partial charge >= 0.3 is 6.18 Å². The van der Waals surface area contributed by atoms with E-state index in [2.05, 4.69) is 4.84 Å². The number of benzene rings is 1.